The van der Waals surface area contributed by atoms with Gasteiger partial charge in [0.05, 0.1) is 17.5 Å². The summed E-state index contributed by atoms with van der Waals surface area (Å²) in [5.74, 6) is 1.51. The van der Waals surface area contributed by atoms with Gasteiger partial charge in [-0.25, -0.2) is 8.42 Å². The van der Waals surface area contributed by atoms with Crippen molar-refractivity contribution >= 4 is 21.4 Å². The molecule has 24 heavy (non-hydrogen) atoms. The van der Waals surface area contributed by atoms with Gasteiger partial charge >= 0.3 is 0 Å². The van der Waals surface area contributed by atoms with E-state index in [0.29, 0.717) is 12.2 Å². The van der Waals surface area contributed by atoms with Crippen LogP contribution in [0.5, 0.6) is 11.5 Å². The first-order chi connectivity index (χ1) is 11.5. The topological polar surface area (TPSA) is 63.7 Å². The highest BCUT2D eigenvalue weighted by molar-refractivity contribution is 7.91. The zero-order valence-electron chi connectivity index (χ0n) is 13.0. The second-order valence-electron chi connectivity index (χ2n) is 6.28. The summed E-state index contributed by atoms with van der Waals surface area (Å²) in [5, 5.41) is 0. The van der Waals surface area contributed by atoms with Gasteiger partial charge in [-0.05, 0) is 36.4 Å². The molecule has 0 aliphatic carbocycles. The number of sulfone groups is 1. The van der Waals surface area contributed by atoms with Crippen molar-refractivity contribution in [1.29, 1.82) is 0 Å². The zero-order valence-corrected chi connectivity index (χ0v) is 13.8. The second-order valence-corrected chi connectivity index (χ2v) is 8.44. The summed E-state index contributed by atoms with van der Waals surface area (Å²) in [6, 6.07) is 16.4. The molecule has 2 saturated heterocycles. The van der Waals surface area contributed by atoms with Crippen LogP contribution in [0.4, 0.5) is 5.69 Å². The van der Waals surface area contributed by atoms with Crippen molar-refractivity contribution in [2.45, 2.75) is 12.5 Å². The maximum atomic E-state index is 12.3. The number of fused-ring (bicyclic) bond motifs is 1. The lowest BCUT2D eigenvalue weighted by atomic mass is 10.0. The normalized spacial score (nSPS) is 24.8. The quantitative estimate of drug-likeness (QED) is 0.859. The van der Waals surface area contributed by atoms with Gasteiger partial charge in [-0.3, -0.25) is 4.79 Å². The van der Waals surface area contributed by atoms with Gasteiger partial charge < -0.3 is 9.64 Å². The molecule has 2 aliphatic rings. The third-order valence-electron chi connectivity index (χ3n) is 4.57. The van der Waals surface area contributed by atoms with Crippen molar-refractivity contribution in [2.24, 2.45) is 5.92 Å². The average Bonchev–Trinajstić information content (AvgIpc) is 2.99. The number of nitrogens with zero attached hydrogens (tertiary/aromatic N) is 1. The van der Waals surface area contributed by atoms with E-state index in [1.54, 1.807) is 17.0 Å². The number of benzene rings is 2. The number of anilines is 1. The van der Waals surface area contributed by atoms with Crippen molar-refractivity contribution in [3.8, 4) is 11.5 Å². The SMILES string of the molecule is O=C1C[C@H]2CS(=O)(=O)C[C@H]2N1c1ccc(Oc2ccccc2)cc1. The highest BCUT2D eigenvalue weighted by atomic mass is 32.2. The Bertz CT molecular complexity index is 862. The number of ether oxygens (including phenoxy) is 1. The minimum Gasteiger partial charge on any atom is -0.457 e. The number of hydrogen-bond donors (Lipinski definition) is 0. The Kier molecular flexibility index (Phi) is 3.57. The van der Waals surface area contributed by atoms with Crippen LogP contribution >= 0.6 is 0 Å². The zero-order chi connectivity index (χ0) is 16.7. The first-order valence-corrected chi connectivity index (χ1v) is 9.69. The molecule has 0 bridgehead atoms. The highest BCUT2D eigenvalue weighted by Gasteiger charge is 2.49. The maximum absolute atomic E-state index is 12.3. The van der Waals surface area contributed by atoms with Gasteiger partial charge in [0.1, 0.15) is 11.5 Å². The standard InChI is InChI=1S/C18H17NO4S/c20-18-10-13-11-24(21,22)12-17(13)19(18)14-6-8-16(9-7-14)23-15-4-2-1-3-5-15/h1-9,13,17H,10-12H2/t13-,17+/m0/s1. The Hall–Kier alpha value is -2.34. The van der Waals surface area contributed by atoms with Crippen LogP contribution in [0.3, 0.4) is 0 Å². The number of carbonyl (C=O) groups is 1. The van der Waals surface area contributed by atoms with Gasteiger partial charge in [0.25, 0.3) is 0 Å². The Morgan fingerprint density at radius 3 is 2.29 bits per heavy atom. The van der Waals surface area contributed by atoms with E-state index in [9.17, 15) is 13.2 Å². The van der Waals surface area contributed by atoms with Crippen molar-refractivity contribution in [3.63, 3.8) is 0 Å². The molecular weight excluding hydrogens is 326 g/mol. The second kappa shape index (κ2) is 5.63. The average molecular weight is 343 g/mol. The summed E-state index contributed by atoms with van der Waals surface area (Å²) < 4.78 is 29.4. The smallest absolute Gasteiger partial charge is 0.227 e. The van der Waals surface area contributed by atoms with E-state index in [-0.39, 0.29) is 29.4 Å². The van der Waals surface area contributed by atoms with Crippen LogP contribution in [0.15, 0.2) is 54.6 Å². The van der Waals surface area contributed by atoms with E-state index in [0.717, 1.165) is 11.4 Å². The molecule has 0 spiro atoms. The van der Waals surface area contributed by atoms with Crippen LogP contribution in [0.2, 0.25) is 0 Å². The predicted molar refractivity (Wildman–Crippen MR) is 91.0 cm³/mol. The molecule has 124 valence electrons. The fourth-order valence-corrected chi connectivity index (χ4v) is 5.59. The van der Waals surface area contributed by atoms with Crippen molar-refractivity contribution in [3.05, 3.63) is 54.6 Å². The Labute approximate surface area is 140 Å². The third kappa shape index (κ3) is 2.78. The number of amides is 1. The molecule has 1 amide bonds. The predicted octanol–water partition coefficient (Wildman–Crippen LogP) is 2.63. The Balaban J connectivity index is 1.55. The molecule has 0 aromatic heterocycles. The van der Waals surface area contributed by atoms with Gasteiger partial charge in [-0.2, -0.15) is 0 Å². The number of carbonyl (C=O) groups excluding carboxylic acids is 1. The molecule has 2 atom stereocenters. The van der Waals surface area contributed by atoms with Crippen molar-refractivity contribution in [1.82, 2.24) is 0 Å². The van der Waals surface area contributed by atoms with E-state index in [4.69, 9.17) is 4.74 Å². The molecule has 5 nitrogen and oxygen atoms in total. The van der Waals surface area contributed by atoms with Crippen LogP contribution in [-0.4, -0.2) is 31.9 Å². The summed E-state index contributed by atoms with van der Waals surface area (Å²) in [6.07, 6.45) is 0.312. The summed E-state index contributed by atoms with van der Waals surface area (Å²) in [7, 11) is -3.04. The van der Waals surface area contributed by atoms with Crippen LogP contribution in [-0.2, 0) is 14.6 Å². The lowest BCUT2D eigenvalue weighted by Crippen LogP contribution is -2.36. The molecule has 2 fully saturated rings. The molecular formula is C18H17NO4S. The monoisotopic (exact) mass is 343 g/mol. The third-order valence-corrected chi connectivity index (χ3v) is 6.35. The number of rotatable bonds is 3. The van der Waals surface area contributed by atoms with Crippen molar-refractivity contribution in [2.75, 3.05) is 16.4 Å². The summed E-state index contributed by atoms with van der Waals surface area (Å²) in [5.41, 5.74) is 0.727. The van der Waals surface area contributed by atoms with E-state index in [1.807, 2.05) is 42.5 Å². The Morgan fingerprint density at radius 2 is 1.58 bits per heavy atom. The number of hydrogen-bond acceptors (Lipinski definition) is 4. The Morgan fingerprint density at radius 1 is 0.917 bits per heavy atom. The molecule has 2 aromatic carbocycles. The van der Waals surface area contributed by atoms with Gasteiger partial charge in [0.2, 0.25) is 5.91 Å². The molecule has 0 saturated carbocycles. The minimum atomic E-state index is -3.04. The molecule has 0 N–H and O–H groups in total. The summed E-state index contributed by atoms with van der Waals surface area (Å²) in [4.78, 5) is 13.9. The largest absolute Gasteiger partial charge is 0.457 e. The molecule has 0 radical (unpaired) electrons. The molecule has 2 heterocycles. The maximum Gasteiger partial charge on any atom is 0.227 e. The van der Waals surface area contributed by atoms with Gasteiger partial charge in [0.15, 0.2) is 9.84 Å². The lowest BCUT2D eigenvalue weighted by molar-refractivity contribution is -0.117. The van der Waals surface area contributed by atoms with Crippen LogP contribution in [0, 0.1) is 5.92 Å². The first kappa shape index (κ1) is 15.2. The van der Waals surface area contributed by atoms with E-state index in [1.165, 1.54) is 0 Å². The summed E-state index contributed by atoms with van der Waals surface area (Å²) >= 11 is 0. The van der Waals surface area contributed by atoms with Crippen LogP contribution in [0.1, 0.15) is 6.42 Å². The molecule has 4 rings (SSSR count). The molecule has 2 aromatic rings. The first-order valence-electron chi connectivity index (χ1n) is 7.87. The minimum absolute atomic E-state index is 0.00312. The fraction of sp³-hybridized carbons (Fsp3) is 0.278. The van der Waals surface area contributed by atoms with E-state index < -0.39 is 9.84 Å². The fourth-order valence-electron chi connectivity index (χ4n) is 3.52. The van der Waals surface area contributed by atoms with Gasteiger partial charge in [-0.1, -0.05) is 18.2 Å². The van der Waals surface area contributed by atoms with Crippen LogP contribution in [0.25, 0.3) is 0 Å². The molecule has 0 unspecified atom stereocenters. The van der Waals surface area contributed by atoms with E-state index in [2.05, 4.69) is 0 Å². The highest BCUT2D eigenvalue weighted by Crippen LogP contribution is 2.37. The summed E-state index contributed by atoms with van der Waals surface area (Å²) in [6.45, 7) is 0. The van der Waals surface area contributed by atoms with Crippen LogP contribution < -0.4 is 9.64 Å². The van der Waals surface area contributed by atoms with Gasteiger partial charge in [-0.15, -0.1) is 0 Å². The van der Waals surface area contributed by atoms with Gasteiger partial charge in [0, 0.05) is 18.0 Å². The number of para-hydroxylation sites is 1. The lowest BCUT2D eigenvalue weighted by Gasteiger charge is -2.23. The van der Waals surface area contributed by atoms with E-state index >= 15 is 0 Å². The van der Waals surface area contributed by atoms with Crippen molar-refractivity contribution < 1.29 is 17.9 Å². The molecule has 2 aliphatic heterocycles. The molecule has 6 heteroatoms.